The summed E-state index contributed by atoms with van der Waals surface area (Å²) in [4.78, 5) is 13.2. The number of fused-ring (bicyclic) bond motifs is 2. The van der Waals surface area contributed by atoms with E-state index in [0.29, 0.717) is 11.5 Å². The summed E-state index contributed by atoms with van der Waals surface area (Å²) >= 11 is 0. The van der Waals surface area contributed by atoms with Crippen molar-refractivity contribution in [1.82, 2.24) is 0 Å². The van der Waals surface area contributed by atoms with E-state index in [1.807, 2.05) is 24.3 Å². The van der Waals surface area contributed by atoms with E-state index in [-0.39, 0.29) is 29.3 Å². The lowest BCUT2D eigenvalue weighted by Gasteiger charge is -2.44. The highest BCUT2D eigenvalue weighted by Gasteiger charge is 2.45. The van der Waals surface area contributed by atoms with Gasteiger partial charge in [0.05, 0.1) is 5.56 Å². The number of aromatic hydroxyl groups is 1. The first-order valence-electron chi connectivity index (χ1n) is 8.31. The van der Waals surface area contributed by atoms with Crippen LogP contribution in [0.5, 0.6) is 5.75 Å². The Morgan fingerprint density at radius 3 is 2.22 bits per heavy atom. The predicted molar refractivity (Wildman–Crippen MR) is 90.5 cm³/mol. The topological polar surface area (TPSA) is 37.3 Å². The average Bonchev–Trinajstić information content (AvgIpc) is 2.62. The SMILES string of the molecule is O=C(c1ccccc1O)[C@H]1[C@H](c2ccccc2)[C@H]2C=C[C@@H]1CC2. The van der Waals surface area contributed by atoms with Crippen molar-refractivity contribution in [3.63, 3.8) is 0 Å². The molecule has 2 aromatic rings. The van der Waals surface area contributed by atoms with Gasteiger partial charge in [0.15, 0.2) is 5.78 Å². The molecule has 3 aliphatic carbocycles. The highest BCUT2D eigenvalue weighted by molar-refractivity contribution is 6.01. The Kier molecular flexibility index (Phi) is 3.53. The van der Waals surface area contributed by atoms with Gasteiger partial charge in [0.1, 0.15) is 5.75 Å². The number of hydrogen-bond acceptors (Lipinski definition) is 2. The van der Waals surface area contributed by atoms with Gasteiger partial charge in [-0.25, -0.2) is 0 Å². The zero-order chi connectivity index (χ0) is 15.8. The van der Waals surface area contributed by atoms with Gasteiger partial charge in [-0.3, -0.25) is 4.79 Å². The highest BCUT2D eigenvalue weighted by atomic mass is 16.3. The predicted octanol–water partition coefficient (Wildman–Crippen LogP) is 4.57. The normalized spacial score (nSPS) is 28.7. The van der Waals surface area contributed by atoms with Crippen LogP contribution >= 0.6 is 0 Å². The zero-order valence-electron chi connectivity index (χ0n) is 12.9. The van der Waals surface area contributed by atoms with Crippen LogP contribution in [0.1, 0.15) is 34.7 Å². The van der Waals surface area contributed by atoms with E-state index < -0.39 is 0 Å². The summed E-state index contributed by atoms with van der Waals surface area (Å²) < 4.78 is 0. The van der Waals surface area contributed by atoms with Crippen molar-refractivity contribution in [1.29, 1.82) is 0 Å². The number of carbonyl (C=O) groups is 1. The molecular weight excluding hydrogens is 284 g/mol. The van der Waals surface area contributed by atoms with Gasteiger partial charge in [-0.1, -0.05) is 54.6 Å². The number of para-hydroxylation sites is 1. The molecule has 0 saturated heterocycles. The fraction of sp³-hybridized carbons (Fsp3) is 0.286. The maximum Gasteiger partial charge on any atom is 0.170 e. The highest BCUT2D eigenvalue weighted by Crippen LogP contribution is 2.51. The average molecular weight is 304 g/mol. The lowest BCUT2D eigenvalue weighted by atomic mass is 9.58. The molecule has 0 unspecified atom stereocenters. The van der Waals surface area contributed by atoms with Gasteiger partial charge in [0, 0.05) is 11.8 Å². The molecule has 1 N–H and O–H groups in total. The fourth-order valence-electron chi connectivity index (χ4n) is 4.34. The van der Waals surface area contributed by atoms with Crippen LogP contribution < -0.4 is 0 Å². The van der Waals surface area contributed by atoms with Crippen molar-refractivity contribution < 1.29 is 9.90 Å². The minimum absolute atomic E-state index is 0.0746. The van der Waals surface area contributed by atoms with Crippen molar-refractivity contribution in [2.75, 3.05) is 0 Å². The van der Waals surface area contributed by atoms with Crippen LogP contribution in [0, 0.1) is 17.8 Å². The Bertz CT molecular complexity index is 747. The van der Waals surface area contributed by atoms with Crippen LogP contribution in [0.4, 0.5) is 0 Å². The van der Waals surface area contributed by atoms with E-state index in [9.17, 15) is 9.90 Å². The summed E-state index contributed by atoms with van der Waals surface area (Å²) in [6, 6.07) is 17.3. The maximum atomic E-state index is 13.2. The molecule has 116 valence electrons. The van der Waals surface area contributed by atoms with Crippen molar-refractivity contribution in [2.45, 2.75) is 18.8 Å². The molecule has 1 fully saturated rings. The number of rotatable bonds is 3. The minimum Gasteiger partial charge on any atom is -0.507 e. The molecule has 0 radical (unpaired) electrons. The third-order valence-electron chi connectivity index (χ3n) is 5.40. The molecule has 2 heteroatoms. The summed E-state index contributed by atoms with van der Waals surface area (Å²) in [6.45, 7) is 0. The molecule has 2 nitrogen and oxygen atoms in total. The Labute approximate surface area is 136 Å². The second-order valence-corrected chi connectivity index (χ2v) is 6.63. The Morgan fingerprint density at radius 2 is 1.52 bits per heavy atom. The lowest BCUT2D eigenvalue weighted by molar-refractivity contribution is 0.0767. The number of benzene rings is 2. The molecule has 23 heavy (non-hydrogen) atoms. The largest absolute Gasteiger partial charge is 0.507 e. The summed E-state index contributed by atoms with van der Waals surface area (Å²) in [6.07, 6.45) is 6.72. The Morgan fingerprint density at radius 1 is 0.870 bits per heavy atom. The maximum absolute atomic E-state index is 13.2. The minimum atomic E-state index is -0.0746. The van der Waals surface area contributed by atoms with Gasteiger partial charge in [0.25, 0.3) is 0 Å². The Balaban J connectivity index is 1.77. The standard InChI is InChI=1S/C21H20O2/c22-18-9-5-4-8-17(18)21(23)20-16-12-10-15(11-13-16)19(20)14-6-2-1-3-7-14/h1-10,12,15-16,19-20,22H,11,13H2/t15-,16+,19+,20+/m0/s1. The molecule has 3 aliphatic rings. The molecule has 5 rings (SSSR count). The number of carbonyl (C=O) groups excluding carboxylic acids is 1. The Hall–Kier alpha value is -2.35. The first-order valence-corrected chi connectivity index (χ1v) is 8.31. The van der Waals surface area contributed by atoms with Gasteiger partial charge >= 0.3 is 0 Å². The summed E-state index contributed by atoms with van der Waals surface area (Å²) in [5.41, 5.74) is 1.69. The molecular formula is C21H20O2. The summed E-state index contributed by atoms with van der Waals surface area (Å²) in [5, 5.41) is 10.1. The molecule has 2 bridgehead atoms. The second-order valence-electron chi connectivity index (χ2n) is 6.63. The number of phenolic OH excluding ortho intramolecular Hbond substituents is 1. The van der Waals surface area contributed by atoms with Gasteiger partial charge in [-0.05, 0) is 42.4 Å². The van der Waals surface area contributed by atoms with E-state index >= 15 is 0 Å². The van der Waals surface area contributed by atoms with Crippen molar-refractivity contribution >= 4 is 5.78 Å². The van der Waals surface area contributed by atoms with Gasteiger partial charge in [0.2, 0.25) is 0 Å². The van der Waals surface area contributed by atoms with Crippen molar-refractivity contribution in [3.8, 4) is 5.75 Å². The van der Waals surface area contributed by atoms with Crippen molar-refractivity contribution in [3.05, 3.63) is 77.9 Å². The first kappa shape index (κ1) is 14.3. The molecule has 0 heterocycles. The fourth-order valence-corrected chi connectivity index (χ4v) is 4.34. The van der Waals surface area contributed by atoms with E-state index in [1.54, 1.807) is 18.2 Å². The molecule has 0 aromatic heterocycles. The number of allylic oxidation sites excluding steroid dienone is 2. The van der Waals surface area contributed by atoms with Crippen LogP contribution in [-0.4, -0.2) is 10.9 Å². The van der Waals surface area contributed by atoms with Crippen molar-refractivity contribution in [2.24, 2.45) is 17.8 Å². The summed E-state index contributed by atoms with van der Waals surface area (Å²) in [5.74, 6) is 1.01. The van der Waals surface area contributed by atoms with E-state index in [4.69, 9.17) is 0 Å². The third-order valence-corrected chi connectivity index (χ3v) is 5.40. The van der Waals surface area contributed by atoms with Crippen LogP contribution in [0.15, 0.2) is 66.7 Å². The quantitative estimate of drug-likeness (QED) is 0.666. The zero-order valence-corrected chi connectivity index (χ0v) is 12.9. The van der Waals surface area contributed by atoms with Crippen LogP contribution in [0.3, 0.4) is 0 Å². The van der Waals surface area contributed by atoms with E-state index in [2.05, 4.69) is 24.3 Å². The van der Waals surface area contributed by atoms with Gasteiger partial charge in [-0.15, -0.1) is 0 Å². The molecule has 0 amide bonds. The van der Waals surface area contributed by atoms with Gasteiger partial charge in [-0.2, -0.15) is 0 Å². The second kappa shape index (κ2) is 5.69. The number of Topliss-reactive ketones (excluding diaryl/α,β-unsaturated/α-hetero) is 1. The van der Waals surface area contributed by atoms with Crippen LogP contribution in [0.2, 0.25) is 0 Å². The molecule has 0 spiro atoms. The molecule has 1 saturated carbocycles. The number of hydrogen-bond donors (Lipinski definition) is 1. The van der Waals surface area contributed by atoms with Gasteiger partial charge < -0.3 is 5.11 Å². The summed E-state index contributed by atoms with van der Waals surface area (Å²) in [7, 11) is 0. The van der Waals surface area contributed by atoms with E-state index in [1.165, 1.54) is 5.56 Å². The van der Waals surface area contributed by atoms with Crippen LogP contribution in [-0.2, 0) is 0 Å². The first-order chi connectivity index (χ1) is 11.3. The third kappa shape index (κ3) is 2.39. The number of phenols is 1. The smallest absolute Gasteiger partial charge is 0.170 e. The molecule has 2 aromatic carbocycles. The molecule has 4 atom stereocenters. The van der Waals surface area contributed by atoms with Crippen LogP contribution in [0.25, 0.3) is 0 Å². The molecule has 0 aliphatic heterocycles. The number of ketones is 1. The van der Waals surface area contributed by atoms with E-state index in [0.717, 1.165) is 12.8 Å². The monoisotopic (exact) mass is 304 g/mol. The lowest BCUT2D eigenvalue weighted by Crippen LogP contribution is -2.40.